The Morgan fingerprint density at radius 1 is 1.38 bits per heavy atom. The molecular formula is C18H26FN3O2. The van der Waals surface area contributed by atoms with Gasteiger partial charge < -0.3 is 10.1 Å². The third-order valence-corrected chi connectivity index (χ3v) is 4.47. The van der Waals surface area contributed by atoms with E-state index in [1.54, 1.807) is 11.0 Å². The van der Waals surface area contributed by atoms with Gasteiger partial charge in [0.1, 0.15) is 17.1 Å². The Morgan fingerprint density at radius 3 is 2.88 bits per heavy atom. The van der Waals surface area contributed by atoms with Crippen molar-refractivity contribution in [1.82, 2.24) is 15.2 Å². The number of aryl methyl sites for hydroxylation is 2. The van der Waals surface area contributed by atoms with Crippen LogP contribution in [-0.2, 0) is 17.6 Å². The average molecular weight is 335 g/mol. The lowest BCUT2D eigenvalue weighted by Gasteiger charge is -2.37. The number of carbonyl (C=O) groups is 1. The number of fused-ring (bicyclic) bond motifs is 1. The van der Waals surface area contributed by atoms with E-state index in [0.29, 0.717) is 25.3 Å². The number of piperazine rings is 1. The van der Waals surface area contributed by atoms with Crippen molar-refractivity contribution in [3.8, 4) is 0 Å². The molecule has 0 spiro atoms. The van der Waals surface area contributed by atoms with Crippen LogP contribution in [0.2, 0.25) is 0 Å². The Bertz CT molecular complexity index is 627. The van der Waals surface area contributed by atoms with E-state index in [1.807, 2.05) is 20.8 Å². The quantitative estimate of drug-likeness (QED) is 0.857. The lowest BCUT2D eigenvalue weighted by molar-refractivity contribution is 0.0109. The molecule has 1 atom stereocenters. The van der Waals surface area contributed by atoms with E-state index in [1.165, 1.54) is 0 Å². The normalized spacial score (nSPS) is 21.3. The number of halogens is 1. The summed E-state index contributed by atoms with van der Waals surface area (Å²) in [5.41, 5.74) is 1.77. The van der Waals surface area contributed by atoms with Crippen molar-refractivity contribution < 1.29 is 13.9 Å². The summed E-state index contributed by atoms with van der Waals surface area (Å²) in [6, 6.07) is 1.18. The lowest BCUT2D eigenvalue weighted by atomic mass is 9.94. The topological polar surface area (TPSA) is 54.5 Å². The number of pyridine rings is 1. The zero-order valence-corrected chi connectivity index (χ0v) is 14.7. The second kappa shape index (κ2) is 6.67. The molecule has 0 radical (unpaired) electrons. The van der Waals surface area contributed by atoms with Crippen LogP contribution >= 0.6 is 0 Å². The molecule has 1 unspecified atom stereocenters. The van der Waals surface area contributed by atoms with Crippen molar-refractivity contribution in [3.63, 3.8) is 0 Å². The van der Waals surface area contributed by atoms with Crippen molar-refractivity contribution in [2.45, 2.75) is 58.1 Å². The van der Waals surface area contributed by atoms with E-state index in [2.05, 4.69) is 10.3 Å². The molecule has 132 valence electrons. The van der Waals surface area contributed by atoms with E-state index in [9.17, 15) is 9.18 Å². The van der Waals surface area contributed by atoms with E-state index >= 15 is 0 Å². The second-order valence-electron chi connectivity index (χ2n) is 7.56. The van der Waals surface area contributed by atoms with Crippen molar-refractivity contribution in [2.24, 2.45) is 0 Å². The molecule has 0 bridgehead atoms. The zero-order chi connectivity index (χ0) is 17.3. The van der Waals surface area contributed by atoms with Crippen LogP contribution in [0.15, 0.2) is 6.07 Å². The summed E-state index contributed by atoms with van der Waals surface area (Å²) in [5.74, 6) is -0.321. The Hall–Kier alpha value is -1.69. The minimum absolute atomic E-state index is 0.321. The van der Waals surface area contributed by atoms with Gasteiger partial charge in [0.15, 0.2) is 0 Å². The highest BCUT2D eigenvalue weighted by Gasteiger charge is 2.34. The molecule has 1 N–H and O–H groups in total. The first-order valence-corrected chi connectivity index (χ1v) is 8.74. The van der Waals surface area contributed by atoms with Gasteiger partial charge in [-0.3, -0.25) is 9.88 Å². The highest BCUT2D eigenvalue weighted by molar-refractivity contribution is 5.69. The molecule has 1 aliphatic heterocycles. The van der Waals surface area contributed by atoms with Crippen LogP contribution in [0.3, 0.4) is 0 Å². The Kier molecular flexibility index (Phi) is 4.76. The van der Waals surface area contributed by atoms with Gasteiger partial charge in [-0.25, -0.2) is 9.18 Å². The Labute approximate surface area is 142 Å². The first-order chi connectivity index (χ1) is 11.3. The number of ether oxygens (including phenoxy) is 1. The van der Waals surface area contributed by atoms with E-state index < -0.39 is 17.7 Å². The first kappa shape index (κ1) is 17.1. The molecule has 0 aromatic carbocycles. The summed E-state index contributed by atoms with van der Waals surface area (Å²) in [4.78, 5) is 18.7. The zero-order valence-electron chi connectivity index (χ0n) is 14.7. The standard InChI is InChI=1S/C18H26FN3O2/c1-18(2,3)24-17(23)22-9-8-20-11-15(22)16-13(19)10-12-6-4-5-7-14(12)21-16/h10,15,20H,4-9,11H2,1-3H3. The number of nitrogens with one attached hydrogen (secondary N) is 1. The lowest BCUT2D eigenvalue weighted by Crippen LogP contribution is -2.50. The largest absolute Gasteiger partial charge is 0.444 e. The van der Waals surface area contributed by atoms with Gasteiger partial charge in [0.25, 0.3) is 0 Å². The molecule has 1 fully saturated rings. The maximum Gasteiger partial charge on any atom is 0.410 e. The molecule has 5 nitrogen and oxygen atoms in total. The smallest absolute Gasteiger partial charge is 0.410 e. The highest BCUT2D eigenvalue weighted by atomic mass is 19.1. The summed E-state index contributed by atoms with van der Waals surface area (Å²) in [7, 11) is 0. The number of nitrogens with zero attached hydrogens (tertiary/aromatic N) is 2. The summed E-state index contributed by atoms with van der Waals surface area (Å²) in [6.45, 7) is 7.14. The predicted molar refractivity (Wildman–Crippen MR) is 89.4 cm³/mol. The Morgan fingerprint density at radius 2 is 2.12 bits per heavy atom. The summed E-state index contributed by atoms with van der Waals surface area (Å²) in [6.07, 6.45) is 3.53. The third kappa shape index (κ3) is 3.69. The molecule has 3 rings (SSSR count). The van der Waals surface area contributed by atoms with Crippen molar-refractivity contribution in [1.29, 1.82) is 0 Å². The van der Waals surface area contributed by atoms with Gasteiger partial charge in [-0.05, 0) is 58.1 Å². The molecular weight excluding hydrogens is 309 g/mol. The van der Waals surface area contributed by atoms with Crippen LogP contribution in [0.5, 0.6) is 0 Å². The van der Waals surface area contributed by atoms with Crippen LogP contribution in [0.25, 0.3) is 0 Å². The van der Waals surface area contributed by atoms with Crippen LogP contribution in [-0.4, -0.2) is 41.2 Å². The fraction of sp³-hybridized carbons (Fsp3) is 0.667. The predicted octanol–water partition coefficient (Wildman–Crippen LogP) is 2.98. The SMILES string of the molecule is CC(C)(C)OC(=O)N1CCNCC1c1nc2c(cc1F)CCCC2. The van der Waals surface area contributed by atoms with E-state index in [-0.39, 0.29) is 5.82 Å². The minimum Gasteiger partial charge on any atom is -0.444 e. The number of hydrogen-bond acceptors (Lipinski definition) is 4. The van der Waals surface area contributed by atoms with Gasteiger partial charge in [0.05, 0.1) is 6.04 Å². The number of rotatable bonds is 1. The Balaban J connectivity index is 1.89. The van der Waals surface area contributed by atoms with Crippen molar-refractivity contribution >= 4 is 6.09 Å². The molecule has 1 aromatic heterocycles. The van der Waals surface area contributed by atoms with Gasteiger partial charge >= 0.3 is 6.09 Å². The number of amides is 1. The van der Waals surface area contributed by atoms with Crippen LogP contribution in [0.1, 0.15) is 56.6 Å². The third-order valence-electron chi connectivity index (χ3n) is 4.47. The minimum atomic E-state index is -0.575. The molecule has 1 aromatic rings. The molecule has 0 saturated carbocycles. The maximum atomic E-state index is 14.7. The second-order valence-corrected chi connectivity index (χ2v) is 7.56. The molecule has 1 amide bonds. The summed E-state index contributed by atoms with van der Waals surface area (Å²) >= 11 is 0. The molecule has 1 aliphatic carbocycles. The fourth-order valence-electron chi connectivity index (χ4n) is 3.34. The monoisotopic (exact) mass is 335 g/mol. The molecule has 2 heterocycles. The van der Waals surface area contributed by atoms with Crippen LogP contribution < -0.4 is 5.32 Å². The highest BCUT2D eigenvalue weighted by Crippen LogP contribution is 2.29. The summed E-state index contributed by atoms with van der Waals surface area (Å²) in [5, 5.41) is 3.23. The van der Waals surface area contributed by atoms with Crippen molar-refractivity contribution in [2.75, 3.05) is 19.6 Å². The van der Waals surface area contributed by atoms with Crippen molar-refractivity contribution in [3.05, 3.63) is 28.8 Å². The van der Waals surface area contributed by atoms with E-state index in [0.717, 1.165) is 36.9 Å². The molecule has 1 saturated heterocycles. The molecule has 2 aliphatic rings. The van der Waals surface area contributed by atoms with Gasteiger partial charge in [-0.1, -0.05) is 0 Å². The average Bonchev–Trinajstić information content (AvgIpc) is 2.52. The summed E-state index contributed by atoms with van der Waals surface area (Å²) < 4.78 is 20.2. The first-order valence-electron chi connectivity index (χ1n) is 8.74. The van der Waals surface area contributed by atoms with Crippen LogP contribution in [0.4, 0.5) is 9.18 Å². The van der Waals surface area contributed by atoms with E-state index in [4.69, 9.17) is 4.74 Å². The van der Waals surface area contributed by atoms with Gasteiger partial charge in [0.2, 0.25) is 0 Å². The number of hydrogen-bond donors (Lipinski definition) is 1. The van der Waals surface area contributed by atoms with Gasteiger partial charge in [0, 0.05) is 25.3 Å². The molecule has 24 heavy (non-hydrogen) atoms. The van der Waals surface area contributed by atoms with Gasteiger partial charge in [-0.15, -0.1) is 0 Å². The maximum absolute atomic E-state index is 14.7. The molecule has 6 heteroatoms. The van der Waals surface area contributed by atoms with Gasteiger partial charge in [-0.2, -0.15) is 0 Å². The fourth-order valence-corrected chi connectivity index (χ4v) is 3.34. The number of carbonyl (C=O) groups excluding carboxylic acids is 1. The van der Waals surface area contributed by atoms with Crippen LogP contribution in [0, 0.1) is 5.82 Å². The number of aromatic nitrogens is 1.